The van der Waals surface area contributed by atoms with E-state index in [-0.39, 0.29) is 17.6 Å². The average molecular weight is 537 g/mol. The zero-order chi connectivity index (χ0) is 25.9. The molecule has 0 bridgehead atoms. The summed E-state index contributed by atoms with van der Waals surface area (Å²) in [5, 5.41) is 9.82. The molecule has 38 heavy (non-hydrogen) atoms. The molecular formula is C30H24N4O2S2. The van der Waals surface area contributed by atoms with Gasteiger partial charge in [-0.15, -0.1) is 11.8 Å². The van der Waals surface area contributed by atoms with Crippen LogP contribution in [0.15, 0.2) is 102 Å². The Bertz CT molecular complexity index is 1760. The highest BCUT2D eigenvalue weighted by molar-refractivity contribution is 8.00. The Hall–Kier alpha value is -4.14. The van der Waals surface area contributed by atoms with E-state index in [1.807, 2.05) is 78.9 Å². The number of rotatable bonds is 8. The first kappa shape index (κ1) is 24.2. The van der Waals surface area contributed by atoms with Crippen LogP contribution in [0.4, 0.5) is 5.13 Å². The van der Waals surface area contributed by atoms with E-state index in [9.17, 15) is 9.59 Å². The van der Waals surface area contributed by atoms with E-state index < -0.39 is 0 Å². The van der Waals surface area contributed by atoms with Crippen molar-refractivity contribution in [2.24, 2.45) is 0 Å². The quantitative estimate of drug-likeness (QED) is 0.216. The summed E-state index contributed by atoms with van der Waals surface area (Å²) in [6.45, 7) is 1.12. The van der Waals surface area contributed by atoms with E-state index in [4.69, 9.17) is 0 Å². The summed E-state index contributed by atoms with van der Waals surface area (Å²) in [6.07, 6.45) is 2.06. The van der Waals surface area contributed by atoms with Gasteiger partial charge in [-0.25, -0.2) is 4.98 Å². The lowest BCUT2D eigenvalue weighted by atomic mass is 10.1. The van der Waals surface area contributed by atoms with Gasteiger partial charge in [0.2, 0.25) is 5.91 Å². The van der Waals surface area contributed by atoms with Gasteiger partial charge in [-0.3, -0.25) is 9.59 Å². The molecule has 2 heterocycles. The Morgan fingerprint density at radius 2 is 1.68 bits per heavy atom. The third-order valence-corrected chi connectivity index (χ3v) is 8.30. The van der Waals surface area contributed by atoms with Gasteiger partial charge in [0.15, 0.2) is 5.13 Å². The third-order valence-electron chi connectivity index (χ3n) is 6.30. The van der Waals surface area contributed by atoms with E-state index >= 15 is 0 Å². The number of thiazole rings is 1. The second kappa shape index (κ2) is 10.7. The van der Waals surface area contributed by atoms with Crippen molar-refractivity contribution in [1.29, 1.82) is 0 Å². The molecule has 6 rings (SSSR count). The smallest absolute Gasteiger partial charge is 0.251 e. The molecule has 2 amide bonds. The topological polar surface area (TPSA) is 76.0 Å². The van der Waals surface area contributed by atoms with Crippen molar-refractivity contribution in [3.8, 4) is 0 Å². The molecule has 6 aromatic rings. The van der Waals surface area contributed by atoms with E-state index in [2.05, 4.69) is 38.5 Å². The number of anilines is 1. The first-order valence-electron chi connectivity index (χ1n) is 12.3. The zero-order valence-corrected chi connectivity index (χ0v) is 22.0. The molecule has 0 aliphatic heterocycles. The molecule has 0 fully saturated rings. The summed E-state index contributed by atoms with van der Waals surface area (Å²) in [5.41, 5.74) is 2.61. The molecule has 2 aromatic heterocycles. The monoisotopic (exact) mass is 536 g/mol. The average Bonchev–Trinajstić information content (AvgIpc) is 3.52. The van der Waals surface area contributed by atoms with Crippen LogP contribution in [0.25, 0.3) is 31.9 Å². The molecule has 188 valence electrons. The van der Waals surface area contributed by atoms with Crippen LogP contribution in [0, 0.1) is 0 Å². The van der Waals surface area contributed by atoms with E-state index in [1.165, 1.54) is 23.1 Å². The van der Waals surface area contributed by atoms with Gasteiger partial charge >= 0.3 is 0 Å². The summed E-state index contributed by atoms with van der Waals surface area (Å²) in [6, 6.07) is 29.7. The number of amides is 2. The normalized spacial score (nSPS) is 11.3. The first-order valence-corrected chi connectivity index (χ1v) is 14.1. The van der Waals surface area contributed by atoms with Crippen LogP contribution in [0.5, 0.6) is 0 Å². The Morgan fingerprint density at radius 3 is 2.58 bits per heavy atom. The zero-order valence-electron chi connectivity index (χ0n) is 20.4. The van der Waals surface area contributed by atoms with E-state index in [0.29, 0.717) is 23.8 Å². The number of aromatic nitrogens is 2. The number of hydrogen-bond acceptors (Lipinski definition) is 5. The fourth-order valence-corrected chi connectivity index (χ4v) is 6.23. The molecule has 0 aliphatic carbocycles. The molecule has 0 spiro atoms. The number of benzene rings is 4. The van der Waals surface area contributed by atoms with Gasteiger partial charge in [0.1, 0.15) is 0 Å². The third kappa shape index (κ3) is 5.14. The number of nitrogens with zero attached hydrogens (tertiary/aromatic N) is 2. The molecule has 6 nitrogen and oxygen atoms in total. The van der Waals surface area contributed by atoms with Gasteiger partial charge in [0.05, 0.1) is 16.0 Å². The maximum absolute atomic E-state index is 12.8. The minimum absolute atomic E-state index is 0.0893. The van der Waals surface area contributed by atoms with Crippen molar-refractivity contribution in [1.82, 2.24) is 14.9 Å². The molecule has 2 N–H and O–H groups in total. The largest absolute Gasteiger partial charge is 0.350 e. The SMILES string of the molecule is O=C(CSc1cn(CCNC(=O)c2ccc3ccccc3c2)c2ccccc12)Nc1nc2ccccc2s1. The summed E-state index contributed by atoms with van der Waals surface area (Å²) >= 11 is 2.97. The molecule has 0 saturated heterocycles. The fourth-order valence-electron chi connectivity index (χ4n) is 4.46. The number of para-hydroxylation sites is 2. The predicted molar refractivity (Wildman–Crippen MR) is 157 cm³/mol. The molecule has 0 saturated carbocycles. The molecular weight excluding hydrogens is 512 g/mol. The highest BCUT2D eigenvalue weighted by atomic mass is 32.2. The summed E-state index contributed by atoms with van der Waals surface area (Å²) < 4.78 is 3.18. The second-order valence-electron chi connectivity index (χ2n) is 8.85. The highest BCUT2D eigenvalue weighted by Gasteiger charge is 2.13. The van der Waals surface area contributed by atoms with Gasteiger partial charge in [-0.2, -0.15) is 0 Å². The predicted octanol–water partition coefficient (Wildman–Crippen LogP) is 6.57. The van der Waals surface area contributed by atoms with Crippen LogP contribution in [0.2, 0.25) is 0 Å². The summed E-state index contributed by atoms with van der Waals surface area (Å²) in [7, 11) is 0. The molecule has 0 atom stereocenters. The molecule has 8 heteroatoms. The van der Waals surface area contributed by atoms with Crippen molar-refractivity contribution in [2.45, 2.75) is 11.4 Å². The number of nitrogens with one attached hydrogen (secondary N) is 2. The van der Waals surface area contributed by atoms with Gasteiger partial charge in [-0.1, -0.05) is 72.0 Å². The lowest BCUT2D eigenvalue weighted by Crippen LogP contribution is -2.27. The Balaban J connectivity index is 1.09. The van der Waals surface area contributed by atoms with Crippen LogP contribution < -0.4 is 10.6 Å². The maximum Gasteiger partial charge on any atom is 0.251 e. The Morgan fingerprint density at radius 1 is 0.895 bits per heavy atom. The summed E-state index contributed by atoms with van der Waals surface area (Å²) in [4.78, 5) is 30.9. The standard InChI is InChI=1S/C30H24N4O2S2/c35-28(33-30-32-24-10-4-6-12-26(24)38-30)19-37-27-18-34(25-11-5-3-9-23(25)27)16-15-31-29(36)22-14-13-20-7-1-2-8-21(20)17-22/h1-14,17-18H,15-16,19H2,(H,31,36)(H,32,33,35). The van der Waals surface area contributed by atoms with E-state index in [1.54, 1.807) is 0 Å². The fraction of sp³-hybridized carbons (Fsp3) is 0.100. The Kier molecular flexibility index (Phi) is 6.81. The summed E-state index contributed by atoms with van der Waals surface area (Å²) in [5.74, 6) is 0.102. The lowest BCUT2D eigenvalue weighted by Gasteiger charge is -2.08. The molecule has 0 radical (unpaired) electrons. The number of fused-ring (bicyclic) bond motifs is 3. The van der Waals surface area contributed by atoms with Gasteiger partial charge in [-0.05, 0) is 41.1 Å². The van der Waals surface area contributed by atoms with Crippen LogP contribution >= 0.6 is 23.1 Å². The van der Waals surface area contributed by atoms with Gasteiger partial charge in [0, 0.05) is 40.6 Å². The number of hydrogen-bond donors (Lipinski definition) is 2. The van der Waals surface area contributed by atoms with Crippen LogP contribution in [-0.4, -0.2) is 33.7 Å². The van der Waals surface area contributed by atoms with Crippen molar-refractivity contribution < 1.29 is 9.59 Å². The van der Waals surface area contributed by atoms with Gasteiger partial charge in [0.25, 0.3) is 5.91 Å². The van der Waals surface area contributed by atoms with Crippen molar-refractivity contribution >= 4 is 71.9 Å². The number of carbonyl (C=O) groups is 2. The second-order valence-corrected chi connectivity index (χ2v) is 10.9. The molecule has 0 unspecified atom stereocenters. The molecule has 4 aromatic carbocycles. The van der Waals surface area contributed by atoms with Crippen molar-refractivity contribution in [2.75, 3.05) is 17.6 Å². The minimum Gasteiger partial charge on any atom is -0.350 e. The Labute approximate surface area is 227 Å². The number of carbonyl (C=O) groups excluding carboxylic acids is 2. The van der Waals surface area contributed by atoms with E-state index in [0.717, 1.165) is 36.8 Å². The molecule has 0 aliphatic rings. The first-order chi connectivity index (χ1) is 18.6. The minimum atomic E-state index is -0.0895. The highest BCUT2D eigenvalue weighted by Crippen LogP contribution is 2.31. The van der Waals surface area contributed by atoms with Crippen molar-refractivity contribution in [3.05, 3.63) is 103 Å². The lowest BCUT2D eigenvalue weighted by molar-refractivity contribution is -0.113. The van der Waals surface area contributed by atoms with Crippen LogP contribution in [0.1, 0.15) is 10.4 Å². The van der Waals surface area contributed by atoms with Crippen molar-refractivity contribution in [3.63, 3.8) is 0 Å². The van der Waals surface area contributed by atoms with Gasteiger partial charge < -0.3 is 15.2 Å². The maximum atomic E-state index is 12.8. The van der Waals surface area contributed by atoms with Crippen LogP contribution in [0.3, 0.4) is 0 Å². The number of thioether (sulfide) groups is 1. The van der Waals surface area contributed by atoms with Crippen LogP contribution in [-0.2, 0) is 11.3 Å².